The topological polar surface area (TPSA) is 55.1 Å². The summed E-state index contributed by atoms with van der Waals surface area (Å²) in [5.41, 5.74) is 6.93. The van der Waals surface area contributed by atoms with Crippen LogP contribution in [0.5, 0.6) is 0 Å². The first-order chi connectivity index (χ1) is 8.55. The van der Waals surface area contributed by atoms with Crippen molar-refractivity contribution >= 4 is 5.91 Å². The first-order valence-electron chi connectivity index (χ1n) is 6.68. The highest BCUT2D eigenvalue weighted by Crippen LogP contribution is 2.41. The Kier molecular flexibility index (Phi) is 3.71. The van der Waals surface area contributed by atoms with Crippen LogP contribution in [0.1, 0.15) is 38.7 Å². The third-order valence-electron chi connectivity index (χ3n) is 3.92. The lowest BCUT2D eigenvalue weighted by atomic mass is 9.71. The highest BCUT2D eigenvalue weighted by Gasteiger charge is 2.40. The normalized spacial score (nSPS) is 19.1. The maximum absolute atomic E-state index is 12.1. The molecule has 1 saturated carbocycles. The molecular formula is C15H22N2O. The highest BCUT2D eigenvalue weighted by molar-refractivity contribution is 5.82. The minimum absolute atomic E-state index is 0.0337. The number of nitrogens with one attached hydrogen (secondary N) is 1. The summed E-state index contributed by atoms with van der Waals surface area (Å²) < 4.78 is 0. The van der Waals surface area contributed by atoms with Crippen LogP contribution < -0.4 is 11.1 Å². The second-order valence-corrected chi connectivity index (χ2v) is 5.56. The SMILES string of the molecule is CC(C)C(N)C(=O)NC1(c2ccccc2)CCC1. The predicted octanol–water partition coefficient (Wildman–Crippen LogP) is 2.17. The zero-order chi connectivity index (χ0) is 13.2. The summed E-state index contributed by atoms with van der Waals surface area (Å²) in [6.45, 7) is 3.94. The molecule has 1 aliphatic rings. The molecule has 1 fully saturated rings. The zero-order valence-corrected chi connectivity index (χ0v) is 11.1. The average molecular weight is 246 g/mol. The number of amides is 1. The molecule has 1 aliphatic carbocycles. The van der Waals surface area contributed by atoms with Gasteiger partial charge < -0.3 is 11.1 Å². The van der Waals surface area contributed by atoms with Crippen LogP contribution >= 0.6 is 0 Å². The molecule has 0 saturated heterocycles. The first-order valence-corrected chi connectivity index (χ1v) is 6.68. The van der Waals surface area contributed by atoms with Crippen molar-refractivity contribution in [3.63, 3.8) is 0 Å². The van der Waals surface area contributed by atoms with Gasteiger partial charge in [0.25, 0.3) is 0 Å². The smallest absolute Gasteiger partial charge is 0.237 e. The van der Waals surface area contributed by atoms with Gasteiger partial charge in [0.1, 0.15) is 0 Å². The summed E-state index contributed by atoms with van der Waals surface area (Å²) in [6, 6.07) is 9.78. The van der Waals surface area contributed by atoms with Gasteiger partial charge in [-0.3, -0.25) is 4.79 Å². The van der Waals surface area contributed by atoms with Crippen molar-refractivity contribution in [2.75, 3.05) is 0 Å². The van der Waals surface area contributed by atoms with Crippen molar-refractivity contribution in [1.29, 1.82) is 0 Å². The van der Waals surface area contributed by atoms with E-state index in [1.807, 2.05) is 32.0 Å². The minimum Gasteiger partial charge on any atom is -0.345 e. The predicted molar refractivity (Wildman–Crippen MR) is 72.9 cm³/mol. The summed E-state index contributed by atoms with van der Waals surface area (Å²) in [5.74, 6) is 0.131. The largest absolute Gasteiger partial charge is 0.345 e. The van der Waals surface area contributed by atoms with Crippen molar-refractivity contribution in [2.24, 2.45) is 11.7 Å². The van der Waals surface area contributed by atoms with Crippen LogP contribution in [0, 0.1) is 5.92 Å². The molecule has 0 heterocycles. The fraction of sp³-hybridized carbons (Fsp3) is 0.533. The van der Waals surface area contributed by atoms with Crippen molar-refractivity contribution in [2.45, 2.75) is 44.7 Å². The van der Waals surface area contributed by atoms with E-state index in [2.05, 4.69) is 17.4 Å². The molecule has 1 amide bonds. The molecule has 18 heavy (non-hydrogen) atoms. The quantitative estimate of drug-likeness (QED) is 0.855. The molecule has 1 atom stereocenters. The molecule has 0 aromatic heterocycles. The van der Waals surface area contributed by atoms with Crippen LogP contribution in [0.25, 0.3) is 0 Å². The Morgan fingerprint density at radius 1 is 1.28 bits per heavy atom. The van der Waals surface area contributed by atoms with Crippen molar-refractivity contribution in [1.82, 2.24) is 5.32 Å². The Morgan fingerprint density at radius 3 is 2.33 bits per heavy atom. The van der Waals surface area contributed by atoms with Gasteiger partial charge in [-0.25, -0.2) is 0 Å². The highest BCUT2D eigenvalue weighted by atomic mass is 16.2. The lowest BCUT2D eigenvalue weighted by molar-refractivity contribution is -0.126. The standard InChI is InChI=1S/C15H22N2O/c1-11(2)13(16)14(18)17-15(9-6-10-15)12-7-4-3-5-8-12/h3-5,7-8,11,13H,6,9-10,16H2,1-2H3,(H,17,18). The van der Waals surface area contributed by atoms with Crippen molar-refractivity contribution in [3.05, 3.63) is 35.9 Å². The third kappa shape index (κ3) is 2.41. The van der Waals surface area contributed by atoms with Gasteiger partial charge in [-0.1, -0.05) is 44.2 Å². The van der Waals surface area contributed by atoms with E-state index in [0.29, 0.717) is 0 Å². The third-order valence-corrected chi connectivity index (χ3v) is 3.92. The molecule has 0 aliphatic heterocycles. The molecule has 2 rings (SSSR count). The average Bonchev–Trinajstić information content (AvgIpc) is 2.33. The van der Waals surface area contributed by atoms with Crippen molar-refractivity contribution < 1.29 is 4.79 Å². The van der Waals surface area contributed by atoms with E-state index in [1.54, 1.807) is 0 Å². The lowest BCUT2D eigenvalue weighted by Crippen LogP contribution is -2.56. The number of nitrogens with two attached hydrogens (primary N) is 1. The lowest BCUT2D eigenvalue weighted by Gasteiger charge is -2.44. The number of carbonyl (C=O) groups is 1. The summed E-state index contributed by atoms with van der Waals surface area (Å²) in [4.78, 5) is 12.1. The molecule has 1 aromatic rings. The van der Waals surface area contributed by atoms with Gasteiger partial charge in [0.15, 0.2) is 0 Å². The number of hydrogen-bond donors (Lipinski definition) is 2. The van der Waals surface area contributed by atoms with Gasteiger partial charge in [-0.15, -0.1) is 0 Å². The fourth-order valence-corrected chi connectivity index (χ4v) is 2.40. The molecule has 98 valence electrons. The van der Waals surface area contributed by atoms with Gasteiger partial charge >= 0.3 is 0 Å². The Morgan fingerprint density at radius 2 is 1.89 bits per heavy atom. The summed E-state index contributed by atoms with van der Waals surface area (Å²) in [6.07, 6.45) is 3.17. The molecule has 3 nitrogen and oxygen atoms in total. The van der Waals surface area contributed by atoms with E-state index in [0.717, 1.165) is 19.3 Å². The van der Waals surface area contributed by atoms with Gasteiger partial charge in [0.05, 0.1) is 11.6 Å². The first kappa shape index (κ1) is 13.1. The van der Waals surface area contributed by atoms with Gasteiger partial charge in [-0.2, -0.15) is 0 Å². The zero-order valence-electron chi connectivity index (χ0n) is 11.1. The summed E-state index contributed by atoms with van der Waals surface area (Å²) in [5, 5.41) is 3.16. The summed E-state index contributed by atoms with van der Waals surface area (Å²) in [7, 11) is 0. The van der Waals surface area contributed by atoms with Gasteiger partial charge in [0, 0.05) is 0 Å². The minimum atomic E-state index is -0.425. The molecule has 0 bridgehead atoms. The maximum Gasteiger partial charge on any atom is 0.237 e. The Labute approximate surface area is 109 Å². The molecule has 3 N–H and O–H groups in total. The van der Waals surface area contributed by atoms with Crippen LogP contribution in [0.4, 0.5) is 0 Å². The van der Waals surface area contributed by atoms with Crippen LogP contribution in [-0.2, 0) is 10.3 Å². The molecule has 0 radical (unpaired) electrons. The monoisotopic (exact) mass is 246 g/mol. The Balaban J connectivity index is 2.13. The van der Waals surface area contributed by atoms with E-state index >= 15 is 0 Å². The molecule has 1 aromatic carbocycles. The second-order valence-electron chi connectivity index (χ2n) is 5.56. The van der Waals surface area contributed by atoms with E-state index < -0.39 is 6.04 Å². The van der Waals surface area contributed by atoms with Crippen LogP contribution in [0.15, 0.2) is 30.3 Å². The summed E-state index contributed by atoms with van der Waals surface area (Å²) >= 11 is 0. The maximum atomic E-state index is 12.1. The molecular weight excluding hydrogens is 224 g/mol. The van der Waals surface area contributed by atoms with E-state index in [-0.39, 0.29) is 17.4 Å². The number of rotatable bonds is 4. The van der Waals surface area contributed by atoms with Crippen LogP contribution in [0.3, 0.4) is 0 Å². The molecule has 1 unspecified atom stereocenters. The van der Waals surface area contributed by atoms with E-state index in [9.17, 15) is 4.79 Å². The van der Waals surface area contributed by atoms with Gasteiger partial charge in [0.2, 0.25) is 5.91 Å². The van der Waals surface area contributed by atoms with Crippen molar-refractivity contribution in [3.8, 4) is 0 Å². The Bertz CT molecular complexity index is 410. The van der Waals surface area contributed by atoms with Gasteiger partial charge in [-0.05, 0) is 30.7 Å². The van der Waals surface area contributed by atoms with Crippen LogP contribution in [-0.4, -0.2) is 11.9 Å². The Hall–Kier alpha value is -1.35. The van der Waals surface area contributed by atoms with Crippen LogP contribution in [0.2, 0.25) is 0 Å². The second kappa shape index (κ2) is 5.11. The van der Waals surface area contributed by atoms with E-state index in [1.165, 1.54) is 5.56 Å². The number of benzene rings is 1. The fourth-order valence-electron chi connectivity index (χ4n) is 2.40. The number of carbonyl (C=O) groups excluding carboxylic acids is 1. The number of hydrogen-bond acceptors (Lipinski definition) is 2. The molecule has 0 spiro atoms. The molecule has 3 heteroatoms. The van der Waals surface area contributed by atoms with E-state index in [4.69, 9.17) is 5.73 Å².